The van der Waals surface area contributed by atoms with Crippen molar-refractivity contribution in [1.82, 2.24) is 9.97 Å². The summed E-state index contributed by atoms with van der Waals surface area (Å²) in [7, 11) is 0. The minimum atomic E-state index is -0.258. The monoisotopic (exact) mass is 280 g/mol. The molecule has 2 aromatic rings. The number of aromatic nitrogens is 2. The van der Waals surface area contributed by atoms with Gasteiger partial charge in [-0.1, -0.05) is 0 Å². The van der Waals surface area contributed by atoms with E-state index in [9.17, 15) is 4.39 Å². The van der Waals surface area contributed by atoms with E-state index in [4.69, 9.17) is 0 Å². The van der Waals surface area contributed by atoms with Crippen LogP contribution in [0, 0.1) is 19.7 Å². The Morgan fingerprint density at radius 1 is 1.06 bits per heavy atom. The van der Waals surface area contributed by atoms with Crippen LogP contribution in [-0.4, -0.2) is 9.97 Å². The number of rotatable bonds is 1. The molecule has 4 heteroatoms. The number of aryl methyl sites for hydroxylation is 1. The molecule has 0 aliphatic rings. The van der Waals surface area contributed by atoms with Crippen molar-refractivity contribution < 1.29 is 4.39 Å². The van der Waals surface area contributed by atoms with Crippen LogP contribution in [0.3, 0.4) is 0 Å². The summed E-state index contributed by atoms with van der Waals surface area (Å²) in [5.41, 5.74) is 2.75. The quantitative estimate of drug-likeness (QED) is 0.745. The molecule has 16 heavy (non-hydrogen) atoms. The predicted molar refractivity (Wildman–Crippen MR) is 64.6 cm³/mol. The molecule has 0 aliphatic carbocycles. The maximum Gasteiger partial charge on any atom is 0.160 e. The van der Waals surface area contributed by atoms with E-state index < -0.39 is 0 Å². The number of nitrogens with zero attached hydrogens (tertiary/aromatic N) is 2. The largest absolute Gasteiger partial charge is 0.233 e. The third-order valence-corrected chi connectivity index (χ3v) is 3.20. The topological polar surface area (TPSA) is 25.8 Å². The van der Waals surface area contributed by atoms with E-state index >= 15 is 0 Å². The van der Waals surface area contributed by atoms with Gasteiger partial charge in [-0.25, -0.2) is 14.4 Å². The van der Waals surface area contributed by atoms with Gasteiger partial charge in [0.2, 0.25) is 0 Å². The molecule has 0 spiro atoms. The van der Waals surface area contributed by atoms with E-state index in [-0.39, 0.29) is 5.82 Å². The van der Waals surface area contributed by atoms with E-state index in [1.54, 1.807) is 12.1 Å². The molecule has 82 valence electrons. The van der Waals surface area contributed by atoms with Crippen molar-refractivity contribution in [2.45, 2.75) is 13.8 Å². The second-order valence-corrected chi connectivity index (χ2v) is 4.31. The molecule has 2 rings (SSSR count). The lowest BCUT2D eigenvalue weighted by Gasteiger charge is -2.05. The van der Waals surface area contributed by atoms with E-state index in [1.165, 1.54) is 12.1 Å². The molecule has 0 atom stereocenters. The summed E-state index contributed by atoms with van der Waals surface area (Å²) in [6, 6.07) is 6.15. The maximum atomic E-state index is 12.8. The van der Waals surface area contributed by atoms with Crippen LogP contribution < -0.4 is 0 Å². The number of hydrogen-bond donors (Lipinski definition) is 0. The molecule has 0 unspecified atom stereocenters. The third-order valence-electron chi connectivity index (χ3n) is 2.43. The minimum Gasteiger partial charge on any atom is -0.233 e. The Labute approximate surface area is 102 Å². The number of halogens is 2. The maximum absolute atomic E-state index is 12.8. The molecule has 0 aliphatic heterocycles. The first kappa shape index (κ1) is 11.2. The van der Waals surface area contributed by atoms with Gasteiger partial charge < -0.3 is 0 Å². The predicted octanol–water partition coefficient (Wildman–Crippen LogP) is 3.66. The molecule has 1 heterocycles. The van der Waals surface area contributed by atoms with Crippen molar-refractivity contribution in [3.8, 4) is 11.4 Å². The van der Waals surface area contributed by atoms with Gasteiger partial charge in [0.15, 0.2) is 5.82 Å². The second-order valence-electron chi connectivity index (χ2n) is 3.56. The van der Waals surface area contributed by atoms with Gasteiger partial charge in [0.1, 0.15) is 10.4 Å². The van der Waals surface area contributed by atoms with Crippen LogP contribution in [0.1, 0.15) is 11.3 Å². The van der Waals surface area contributed by atoms with Gasteiger partial charge in [-0.2, -0.15) is 0 Å². The molecular weight excluding hydrogens is 271 g/mol. The average molecular weight is 281 g/mol. The lowest BCUT2D eigenvalue weighted by atomic mass is 10.2. The zero-order valence-corrected chi connectivity index (χ0v) is 10.5. The highest BCUT2D eigenvalue weighted by Gasteiger charge is 2.07. The summed E-state index contributed by atoms with van der Waals surface area (Å²) in [6.07, 6.45) is 0. The molecule has 0 saturated heterocycles. The SMILES string of the molecule is Cc1nc(-c2ccc(F)cc2)nc(Br)c1C. The van der Waals surface area contributed by atoms with Gasteiger partial charge in [0, 0.05) is 16.8 Å². The molecular formula is C12H10BrFN2. The Morgan fingerprint density at radius 3 is 2.25 bits per heavy atom. The fraction of sp³-hybridized carbons (Fsp3) is 0.167. The van der Waals surface area contributed by atoms with Crippen LogP contribution in [-0.2, 0) is 0 Å². The van der Waals surface area contributed by atoms with Crippen molar-refractivity contribution in [3.63, 3.8) is 0 Å². The highest BCUT2D eigenvalue weighted by molar-refractivity contribution is 9.10. The summed E-state index contributed by atoms with van der Waals surface area (Å²) in [5.74, 6) is 0.349. The fourth-order valence-electron chi connectivity index (χ4n) is 1.32. The first-order valence-corrected chi connectivity index (χ1v) is 5.64. The molecule has 1 aromatic carbocycles. The molecule has 1 aromatic heterocycles. The van der Waals surface area contributed by atoms with Crippen molar-refractivity contribution in [1.29, 1.82) is 0 Å². The van der Waals surface area contributed by atoms with E-state index in [0.717, 1.165) is 21.4 Å². The zero-order valence-electron chi connectivity index (χ0n) is 8.96. The first-order valence-electron chi connectivity index (χ1n) is 4.84. The molecule has 0 amide bonds. The third kappa shape index (κ3) is 2.11. The standard InChI is InChI=1S/C12H10BrFN2/c1-7-8(2)15-12(16-11(7)13)9-3-5-10(14)6-4-9/h3-6H,1-2H3. The number of benzene rings is 1. The van der Waals surface area contributed by atoms with Crippen LogP contribution in [0.4, 0.5) is 4.39 Å². The normalized spacial score (nSPS) is 10.5. The molecule has 0 bridgehead atoms. The first-order chi connectivity index (χ1) is 7.58. The van der Waals surface area contributed by atoms with E-state index in [1.807, 2.05) is 13.8 Å². The van der Waals surface area contributed by atoms with Gasteiger partial charge in [-0.05, 0) is 54.0 Å². The Balaban J connectivity index is 2.52. The van der Waals surface area contributed by atoms with Crippen LogP contribution in [0.25, 0.3) is 11.4 Å². The Hall–Kier alpha value is -1.29. The summed E-state index contributed by atoms with van der Waals surface area (Å²) in [4.78, 5) is 8.69. The highest BCUT2D eigenvalue weighted by Crippen LogP contribution is 2.21. The van der Waals surface area contributed by atoms with Gasteiger partial charge >= 0.3 is 0 Å². The molecule has 0 radical (unpaired) electrons. The smallest absolute Gasteiger partial charge is 0.160 e. The van der Waals surface area contributed by atoms with Gasteiger partial charge in [0.05, 0.1) is 0 Å². The van der Waals surface area contributed by atoms with Gasteiger partial charge in [-0.15, -0.1) is 0 Å². The summed E-state index contributed by atoms with van der Waals surface area (Å²) >= 11 is 3.38. The Kier molecular flexibility index (Phi) is 3.01. The average Bonchev–Trinajstić information content (AvgIpc) is 2.26. The fourth-order valence-corrected chi connectivity index (χ4v) is 1.78. The van der Waals surface area contributed by atoms with Crippen LogP contribution in [0.15, 0.2) is 28.9 Å². The van der Waals surface area contributed by atoms with E-state index in [2.05, 4.69) is 25.9 Å². The lowest BCUT2D eigenvalue weighted by molar-refractivity contribution is 0.628. The zero-order chi connectivity index (χ0) is 11.7. The highest BCUT2D eigenvalue weighted by atomic mass is 79.9. The molecule has 0 N–H and O–H groups in total. The summed E-state index contributed by atoms with van der Waals surface area (Å²) < 4.78 is 13.6. The lowest BCUT2D eigenvalue weighted by Crippen LogP contribution is -1.96. The minimum absolute atomic E-state index is 0.258. The van der Waals surface area contributed by atoms with Crippen molar-refractivity contribution in [2.24, 2.45) is 0 Å². The van der Waals surface area contributed by atoms with E-state index in [0.29, 0.717) is 5.82 Å². The summed E-state index contributed by atoms with van der Waals surface area (Å²) in [6.45, 7) is 3.88. The van der Waals surface area contributed by atoms with Gasteiger partial charge in [-0.3, -0.25) is 0 Å². The van der Waals surface area contributed by atoms with Crippen molar-refractivity contribution in [2.75, 3.05) is 0 Å². The molecule has 0 saturated carbocycles. The van der Waals surface area contributed by atoms with Crippen LogP contribution in [0.5, 0.6) is 0 Å². The summed E-state index contributed by atoms with van der Waals surface area (Å²) in [5, 5.41) is 0. The number of hydrogen-bond acceptors (Lipinski definition) is 2. The van der Waals surface area contributed by atoms with Crippen LogP contribution >= 0.6 is 15.9 Å². The van der Waals surface area contributed by atoms with Crippen molar-refractivity contribution in [3.05, 3.63) is 45.9 Å². The molecule has 0 fully saturated rings. The second kappa shape index (κ2) is 4.29. The Morgan fingerprint density at radius 2 is 1.69 bits per heavy atom. The molecule has 2 nitrogen and oxygen atoms in total. The van der Waals surface area contributed by atoms with Crippen LogP contribution in [0.2, 0.25) is 0 Å². The van der Waals surface area contributed by atoms with Gasteiger partial charge in [0.25, 0.3) is 0 Å². The van der Waals surface area contributed by atoms with Crippen molar-refractivity contribution >= 4 is 15.9 Å². The Bertz CT molecular complexity index is 500.